The summed E-state index contributed by atoms with van der Waals surface area (Å²) in [6.45, 7) is 4.92. The first kappa shape index (κ1) is 12.7. The lowest BCUT2D eigenvalue weighted by Crippen LogP contribution is -2.35. The van der Waals surface area contributed by atoms with E-state index in [-0.39, 0.29) is 5.91 Å². The molecule has 0 bridgehead atoms. The Morgan fingerprint density at radius 3 is 3.00 bits per heavy atom. The number of hydrogen-bond acceptors (Lipinski definition) is 2. The number of nitrogens with zero attached hydrogens (tertiary/aromatic N) is 1. The van der Waals surface area contributed by atoms with E-state index in [2.05, 4.69) is 23.2 Å². The van der Waals surface area contributed by atoms with E-state index in [0.717, 1.165) is 38.0 Å². The summed E-state index contributed by atoms with van der Waals surface area (Å²) in [6.07, 6.45) is 4.38. The van der Waals surface area contributed by atoms with Gasteiger partial charge in [-0.15, -0.1) is 0 Å². The highest BCUT2D eigenvalue weighted by molar-refractivity contribution is 5.96. The van der Waals surface area contributed by atoms with Crippen molar-refractivity contribution in [3.05, 3.63) is 34.9 Å². The van der Waals surface area contributed by atoms with E-state index >= 15 is 0 Å². The predicted octanol–water partition coefficient (Wildman–Crippen LogP) is 2.35. The number of fused-ring (bicyclic) bond motifs is 1. The monoisotopic (exact) mass is 258 g/mol. The summed E-state index contributed by atoms with van der Waals surface area (Å²) in [4.78, 5) is 14.9. The largest absolute Gasteiger partial charge is 0.336 e. The number of carbonyl (C=O) groups excluding carboxylic acids is 1. The molecule has 1 aliphatic carbocycles. The van der Waals surface area contributed by atoms with Crippen LogP contribution in [0.4, 0.5) is 0 Å². The molecule has 102 valence electrons. The highest BCUT2D eigenvalue weighted by Crippen LogP contribution is 2.30. The quantitative estimate of drug-likeness (QED) is 0.899. The summed E-state index contributed by atoms with van der Waals surface area (Å²) in [6, 6.07) is 6.68. The van der Waals surface area contributed by atoms with E-state index in [1.54, 1.807) is 0 Å². The summed E-state index contributed by atoms with van der Waals surface area (Å²) >= 11 is 0. The Kier molecular flexibility index (Phi) is 3.56. The number of nitrogens with one attached hydrogen (secondary N) is 1. The molecule has 0 unspecified atom stereocenters. The number of hydrogen-bond donors (Lipinski definition) is 1. The highest BCUT2D eigenvalue weighted by Gasteiger charge is 2.33. The van der Waals surface area contributed by atoms with E-state index in [0.29, 0.717) is 6.04 Å². The van der Waals surface area contributed by atoms with Crippen LogP contribution < -0.4 is 5.32 Å². The lowest BCUT2D eigenvalue weighted by Gasteiger charge is -2.25. The van der Waals surface area contributed by atoms with Crippen LogP contribution in [-0.4, -0.2) is 29.9 Å². The van der Waals surface area contributed by atoms with Crippen LogP contribution in [0.2, 0.25) is 0 Å². The van der Waals surface area contributed by atoms with Crippen molar-refractivity contribution in [3.8, 4) is 0 Å². The van der Waals surface area contributed by atoms with Gasteiger partial charge in [-0.3, -0.25) is 4.79 Å². The van der Waals surface area contributed by atoms with Gasteiger partial charge in [0.15, 0.2) is 0 Å². The number of carbonyl (C=O) groups is 1. The fourth-order valence-electron chi connectivity index (χ4n) is 2.96. The van der Waals surface area contributed by atoms with Gasteiger partial charge in [-0.1, -0.05) is 19.1 Å². The SMILES string of the molecule is CCCN(C(=O)c1cccc2c1CCNC2)C1CC1. The minimum absolute atomic E-state index is 0.253. The second kappa shape index (κ2) is 5.33. The second-order valence-electron chi connectivity index (χ2n) is 5.60. The minimum atomic E-state index is 0.253. The molecule has 0 spiro atoms. The molecule has 1 amide bonds. The maximum atomic E-state index is 12.8. The van der Waals surface area contributed by atoms with Crippen LogP contribution >= 0.6 is 0 Å². The van der Waals surface area contributed by atoms with E-state index in [9.17, 15) is 4.79 Å². The van der Waals surface area contributed by atoms with Crippen molar-refractivity contribution in [3.63, 3.8) is 0 Å². The van der Waals surface area contributed by atoms with Gasteiger partial charge >= 0.3 is 0 Å². The van der Waals surface area contributed by atoms with Crippen molar-refractivity contribution in [2.24, 2.45) is 0 Å². The maximum Gasteiger partial charge on any atom is 0.254 e. The van der Waals surface area contributed by atoms with Gasteiger partial charge in [0.1, 0.15) is 0 Å². The molecule has 3 nitrogen and oxygen atoms in total. The van der Waals surface area contributed by atoms with Gasteiger partial charge in [0, 0.05) is 24.7 Å². The molecule has 3 heteroatoms. The summed E-state index contributed by atoms with van der Waals surface area (Å²) < 4.78 is 0. The standard InChI is InChI=1S/C16H22N2O/c1-2-10-18(13-6-7-13)16(19)15-5-3-4-12-11-17-9-8-14(12)15/h3-5,13,17H,2,6-11H2,1H3. The molecule has 1 aromatic rings. The van der Waals surface area contributed by atoms with Crippen molar-refractivity contribution in [2.75, 3.05) is 13.1 Å². The molecule has 0 aromatic heterocycles. The van der Waals surface area contributed by atoms with Crippen LogP contribution in [0.25, 0.3) is 0 Å². The average Bonchev–Trinajstić information content (AvgIpc) is 3.28. The molecule has 19 heavy (non-hydrogen) atoms. The lowest BCUT2D eigenvalue weighted by atomic mass is 9.94. The van der Waals surface area contributed by atoms with Crippen LogP contribution in [-0.2, 0) is 13.0 Å². The third-order valence-electron chi connectivity index (χ3n) is 4.08. The zero-order valence-corrected chi connectivity index (χ0v) is 11.6. The molecule has 1 heterocycles. The van der Waals surface area contributed by atoms with Crippen LogP contribution in [0.3, 0.4) is 0 Å². The third kappa shape index (κ3) is 2.52. The summed E-state index contributed by atoms with van der Waals surface area (Å²) in [5.41, 5.74) is 3.51. The molecular weight excluding hydrogens is 236 g/mol. The topological polar surface area (TPSA) is 32.3 Å². The molecule has 0 atom stereocenters. The van der Waals surface area contributed by atoms with Gasteiger partial charge < -0.3 is 10.2 Å². The van der Waals surface area contributed by atoms with E-state index < -0.39 is 0 Å². The molecule has 3 rings (SSSR count). The number of benzene rings is 1. The molecular formula is C16H22N2O. The Balaban J connectivity index is 1.90. The first-order valence-corrected chi connectivity index (χ1v) is 7.43. The molecule has 1 saturated carbocycles. The van der Waals surface area contributed by atoms with Gasteiger partial charge in [0.05, 0.1) is 0 Å². The molecule has 1 N–H and O–H groups in total. The molecule has 0 saturated heterocycles. The minimum Gasteiger partial charge on any atom is -0.336 e. The van der Waals surface area contributed by atoms with E-state index in [1.807, 2.05) is 12.1 Å². The van der Waals surface area contributed by atoms with Crippen molar-refractivity contribution in [1.29, 1.82) is 0 Å². The first-order chi connectivity index (χ1) is 9.31. The molecule has 2 aliphatic rings. The van der Waals surface area contributed by atoms with Crippen molar-refractivity contribution >= 4 is 5.91 Å². The van der Waals surface area contributed by atoms with Gasteiger partial charge in [-0.25, -0.2) is 0 Å². The predicted molar refractivity (Wildman–Crippen MR) is 76.2 cm³/mol. The molecule has 1 aliphatic heterocycles. The zero-order chi connectivity index (χ0) is 13.2. The van der Waals surface area contributed by atoms with Crippen LogP contribution in [0.1, 0.15) is 47.7 Å². The zero-order valence-electron chi connectivity index (χ0n) is 11.6. The smallest absolute Gasteiger partial charge is 0.254 e. The third-order valence-corrected chi connectivity index (χ3v) is 4.08. The average molecular weight is 258 g/mol. The Labute approximate surface area is 115 Å². The summed E-state index contributed by atoms with van der Waals surface area (Å²) in [5.74, 6) is 0.253. The fraction of sp³-hybridized carbons (Fsp3) is 0.562. The Bertz CT molecular complexity index is 480. The van der Waals surface area contributed by atoms with Gasteiger partial charge in [-0.05, 0) is 49.4 Å². The van der Waals surface area contributed by atoms with E-state index in [4.69, 9.17) is 0 Å². The first-order valence-electron chi connectivity index (χ1n) is 7.43. The van der Waals surface area contributed by atoms with Gasteiger partial charge in [0.2, 0.25) is 0 Å². The number of rotatable bonds is 4. The molecule has 0 radical (unpaired) electrons. The Morgan fingerprint density at radius 1 is 1.42 bits per heavy atom. The van der Waals surface area contributed by atoms with Crippen molar-refractivity contribution < 1.29 is 4.79 Å². The highest BCUT2D eigenvalue weighted by atomic mass is 16.2. The summed E-state index contributed by atoms with van der Waals surface area (Å²) in [5, 5.41) is 3.37. The lowest BCUT2D eigenvalue weighted by molar-refractivity contribution is 0.0741. The van der Waals surface area contributed by atoms with Crippen LogP contribution in [0.5, 0.6) is 0 Å². The normalized spacial score (nSPS) is 17.9. The maximum absolute atomic E-state index is 12.8. The van der Waals surface area contributed by atoms with Crippen molar-refractivity contribution in [1.82, 2.24) is 10.2 Å². The fourth-order valence-corrected chi connectivity index (χ4v) is 2.96. The van der Waals surface area contributed by atoms with E-state index in [1.165, 1.54) is 24.0 Å². The second-order valence-corrected chi connectivity index (χ2v) is 5.60. The molecule has 1 aromatic carbocycles. The van der Waals surface area contributed by atoms with Crippen LogP contribution in [0.15, 0.2) is 18.2 Å². The van der Waals surface area contributed by atoms with Gasteiger partial charge in [0.25, 0.3) is 5.91 Å². The number of amides is 1. The Morgan fingerprint density at radius 2 is 2.26 bits per heavy atom. The Hall–Kier alpha value is -1.35. The van der Waals surface area contributed by atoms with Gasteiger partial charge in [-0.2, -0.15) is 0 Å². The molecule has 1 fully saturated rings. The summed E-state index contributed by atoms with van der Waals surface area (Å²) in [7, 11) is 0. The van der Waals surface area contributed by atoms with Crippen LogP contribution in [0, 0.1) is 0 Å². The van der Waals surface area contributed by atoms with Crippen molar-refractivity contribution in [2.45, 2.75) is 45.2 Å².